The smallest absolute Gasteiger partial charge is 0.225 e. The van der Waals surface area contributed by atoms with Gasteiger partial charge >= 0.3 is 0 Å². The van der Waals surface area contributed by atoms with E-state index in [0.29, 0.717) is 24.2 Å². The maximum absolute atomic E-state index is 15.0. The SMILES string of the molecule is C=C(NC(C)C)c1ccc(C)c(-c2nc(NCCCNC(C)(C)C)nc(N(C=O)c3c(F)cccc3F)c2CNC)c1. The molecule has 4 N–H and O–H groups in total. The highest BCUT2D eigenvalue weighted by molar-refractivity contribution is 5.89. The first-order valence-electron chi connectivity index (χ1n) is 14.2. The number of carbonyl (C=O) groups excluding carboxylic acids is 1. The molecule has 0 atom stereocenters. The lowest BCUT2D eigenvalue weighted by Crippen LogP contribution is -2.37. The summed E-state index contributed by atoms with van der Waals surface area (Å²) in [6, 6.07) is 9.58. The largest absolute Gasteiger partial charge is 0.383 e. The van der Waals surface area contributed by atoms with E-state index < -0.39 is 17.3 Å². The second-order valence-corrected chi connectivity index (χ2v) is 11.5. The van der Waals surface area contributed by atoms with E-state index in [0.717, 1.165) is 52.4 Å². The number of anilines is 3. The standard InChI is InChI=1S/C32H43F2N7O/c1-20(2)38-22(4)23-14-13-21(3)24(17-23)28-25(18-35-8)30(41(19-42)29-26(33)11-9-12-27(29)34)40-31(39-28)36-15-10-16-37-32(5,6)7/h9,11-14,17,19-20,35,37-38H,4,10,15-16,18H2,1-3,5-8H3,(H,36,39,40). The molecule has 10 heteroatoms. The monoisotopic (exact) mass is 579 g/mol. The molecule has 0 spiro atoms. The molecule has 0 saturated heterocycles. The Morgan fingerprint density at radius 2 is 1.79 bits per heavy atom. The number of nitrogens with zero attached hydrogens (tertiary/aromatic N) is 3. The summed E-state index contributed by atoms with van der Waals surface area (Å²) in [6.45, 7) is 18.0. The quantitative estimate of drug-likeness (QED) is 0.140. The first-order chi connectivity index (χ1) is 19.9. The summed E-state index contributed by atoms with van der Waals surface area (Å²) < 4.78 is 29.9. The number of carbonyl (C=O) groups is 1. The molecule has 2 aromatic carbocycles. The van der Waals surface area contributed by atoms with Crippen molar-refractivity contribution >= 4 is 29.6 Å². The van der Waals surface area contributed by atoms with Crippen molar-refractivity contribution in [2.24, 2.45) is 0 Å². The first kappa shape index (κ1) is 32.6. The Hall–Kier alpha value is -3.89. The lowest BCUT2D eigenvalue weighted by molar-refractivity contribution is -0.106. The Balaban J connectivity index is 2.21. The third-order valence-electron chi connectivity index (χ3n) is 6.45. The van der Waals surface area contributed by atoms with Gasteiger partial charge in [0.2, 0.25) is 12.4 Å². The van der Waals surface area contributed by atoms with E-state index in [1.165, 1.54) is 6.07 Å². The van der Waals surface area contributed by atoms with Crippen molar-refractivity contribution < 1.29 is 13.6 Å². The second-order valence-electron chi connectivity index (χ2n) is 11.5. The van der Waals surface area contributed by atoms with Crippen molar-refractivity contribution in [1.29, 1.82) is 0 Å². The van der Waals surface area contributed by atoms with E-state index in [1.54, 1.807) is 7.05 Å². The van der Waals surface area contributed by atoms with Crippen LogP contribution in [-0.2, 0) is 11.3 Å². The maximum atomic E-state index is 15.0. The van der Waals surface area contributed by atoms with Gasteiger partial charge in [0.15, 0.2) is 5.82 Å². The average Bonchev–Trinajstić information content (AvgIpc) is 2.90. The molecule has 0 aliphatic rings. The van der Waals surface area contributed by atoms with Crippen LogP contribution in [0.2, 0.25) is 0 Å². The predicted molar refractivity (Wildman–Crippen MR) is 168 cm³/mol. The molecular formula is C32H43F2N7O. The van der Waals surface area contributed by atoms with Gasteiger partial charge in [-0.15, -0.1) is 0 Å². The number of hydrogen-bond acceptors (Lipinski definition) is 7. The van der Waals surface area contributed by atoms with Crippen molar-refractivity contribution in [2.45, 2.75) is 66.1 Å². The molecule has 0 aliphatic carbocycles. The minimum Gasteiger partial charge on any atom is -0.383 e. The Morgan fingerprint density at radius 3 is 2.38 bits per heavy atom. The minimum atomic E-state index is -0.880. The topological polar surface area (TPSA) is 94.2 Å². The minimum absolute atomic E-state index is 0.0170. The van der Waals surface area contributed by atoms with Gasteiger partial charge in [0.1, 0.15) is 17.3 Å². The van der Waals surface area contributed by atoms with E-state index in [2.05, 4.69) is 53.6 Å². The van der Waals surface area contributed by atoms with Gasteiger partial charge < -0.3 is 21.3 Å². The number of halogens is 2. The van der Waals surface area contributed by atoms with Crippen LogP contribution in [0, 0.1) is 18.6 Å². The summed E-state index contributed by atoms with van der Waals surface area (Å²) in [4.78, 5) is 22.9. The van der Waals surface area contributed by atoms with Crippen LogP contribution in [0.15, 0.2) is 43.0 Å². The van der Waals surface area contributed by atoms with Crippen molar-refractivity contribution in [2.75, 3.05) is 30.4 Å². The zero-order chi connectivity index (χ0) is 31.0. The van der Waals surface area contributed by atoms with Crippen molar-refractivity contribution in [3.63, 3.8) is 0 Å². The fourth-order valence-electron chi connectivity index (χ4n) is 4.49. The van der Waals surface area contributed by atoms with Crippen LogP contribution in [0.1, 0.15) is 57.7 Å². The Morgan fingerprint density at radius 1 is 1.10 bits per heavy atom. The van der Waals surface area contributed by atoms with E-state index in [1.807, 2.05) is 39.0 Å². The molecule has 0 bridgehead atoms. The van der Waals surface area contributed by atoms with Gasteiger partial charge in [0.05, 0.1) is 5.69 Å². The zero-order valence-corrected chi connectivity index (χ0v) is 25.7. The molecule has 0 radical (unpaired) electrons. The Bertz CT molecular complexity index is 1380. The highest BCUT2D eigenvalue weighted by Crippen LogP contribution is 2.37. The number of benzene rings is 2. The number of rotatable bonds is 14. The van der Waals surface area contributed by atoms with Gasteiger partial charge in [-0.3, -0.25) is 9.69 Å². The van der Waals surface area contributed by atoms with Gasteiger partial charge in [0, 0.05) is 41.5 Å². The number of hydrogen-bond donors (Lipinski definition) is 4. The van der Waals surface area contributed by atoms with E-state index in [9.17, 15) is 13.6 Å². The summed E-state index contributed by atoms with van der Waals surface area (Å²) in [5.74, 6) is -1.44. The number of aryl methyl sites for hydroxylation is 1. The first-order valence-corrected chi connectivity index (χ1v) is 14.2. The average molecular weight is 580 g/mol. The normalized spacial score (nSPS) is 11.5. The van der Waals surface area contributed by atoms with Crippen LogP contribution in [0.3, 0.4) is 0 Å². The number of para-hydroxylation sites is 1. The van der Waals surface area contributed by atoms with E-state index in [4.69, 9.17) is 4.98 Å². The molecule has 0 aliphatic heterocycles. The maximum Gasteiger partial charge on any atom is 0.225 e. The third kappa shape index (κ3) is 8.33. The molecule has 0 saturated carbocycles. The summed E-state index contributed by atoms with van der Waals surface area (Å²) in [7, 11) is 1.74. The molecule has 1 heterocycles. The molecular weight excluding hydrogens is 536 g/mol. The molecule has 8 nitrogen and oxygen atoms in total. The lowest BCUT2D eigenvalue weighted by atomic mass is 9.97. The molecule has 42 heavy (non-hydrogen) atoms. The Labute approximate surface area is 248 Å². The van der Waals surface area contributed by atoms with Gasteiger partial charge in [-0.2, -0.15) is 4.98 Å². The molecule has 226 valence electrons. The van der Waals surface area contributed by atoms with Gasteiger partial charge in [-0.05, 0) is 90.9 Å². The van der Waals surface area contributed by atoms with E-state index >= 15 is 0 Å². The fourth-order valence-corrected chi connectivity index (χ4v) is 4.49. The van der Waals surface area contributed by atoms with Crippen LogP contribution in [0.25, 0.3) is 17.0 Å². The number of amides is 1. The Kier molecular flexibility index (Phi) is 11.1. The van der Waals surface area contributed by atoms with Crippen LogP contribution in [-0.4, -0.2) is 48.1 Å². The second kappa shape index (κ2) is 14.3. The molecule has 3 aromatic rings. The highest BCUT2D eigenvalue weighted by atomic mass is 19.1. The van der Waals surface area contributed by atoms with Crippen LogP contribution in [0.4, 0.5) is 26.2 Å². The zero-order valence-electron chi connectivity index (χ0n) is 25.7. The summed E-state index contributed by atoms with van der Waals surface area (Å²) >= 11 is 0. The van der Waals surface area contributed by atoms with Crippen LogP contribution >= 0.6 is 0 Å². The van der Waals surface area contributed by atoms with Gasteiger partial charge in [-0.1, -0.05) is 24.8 Å². The molecule has 1 aromatic heterocycles. The fraction of sp³-hybridized carbons (Fsp3) is 0.406. The van der Waals surface area contributed by atoms with Crippen molar-refractivity contribution in [3.05, 3.63) is 71.3 Å². The molecule has 1 amide bonds. The summed E-state index contributed by atoms with van der Waals surface area (Å²) in [6.07, 6.45) is 1.15. The third-order valence-corrected chi connectivity index (χ3v) is 6.45. The van der Waals surface area contributed by atoms with Crippen molar-refractivity contribution in [1.82, 2.24) is 25.9 Å². The van der Waals surface area contributed by atoms with Crippen LogP contribution in [0.5, 0.6) is 0 Å². The lowest BCUT2D eigenvalue weighted by Gasteiger charge is -2.24. The van der Waals surface area contributed by atoms with Gasteiger partial charge in [0.25, 0.3) is 0 Å². The molecule has 0 unspecified atom stereocenters. The van der Waals surface area contributed by atoms with E-state index in [-0.39, 0.29) is 29.9 Å². The summed E-state index contributed by atoms with van der Waals surface area (Å²) in [5, 5.41) is 13.1. The van der Waals surface area contributed by atoms with Gasteiger partial charge in [-0.25, -0.2) is 13.8 Å². The van der Waals surface area contributed by atoms with Crippen molar-refractivity contribution in [3.8, 4) is 11.3 Å². The summed E-state index contributed by atoms with van der Waals surface area (Å²) in [5.41, 5.74) is 3.85. The predicted octanol–water partition coefficient (Wildman–Crippen LogP) is 5.90. The number of nitrogens with one attached hydrogen (secondary N) is 4. The number of aromatic nitrogens is 2. The highest BCUT2D eigenvalue weighted by Gasteiger charge is 2.26. The molecule has 0 fully saturated rings. The van der Waals surface area contributed by atoms with Crippen LogP contribution < -0.4 is 26.2 Å². The molecule has 3 rings (SSSR count).